The van der Waals surface area contributed by atoms with Crippen LogP contribution in [0.1, 0.15) is 116 Å². The first-order valence-corrected chi connectivity index (χ1v) is 29.8. The van der Waals surface area contributed by atoms with Crippen molar-refractivity contribution in [2.75, 3.05) is 52.4 Å². The second-order valence-corrected chi connectivity index (χ2v) is 22.5. The molecule has 7 amide bonds. The van der Waals surface area contributed by atoms with Gasteiger partial charge in [-0.25, -0.2) is 9.59 Å². The summed E-state index contributed by atoms with van der Waals surface area (Å²) in [5, 5.41) is 27.1. The van der Waals surface area contributed by atoms with Crippen molar-refractivity contribution < 1.29 is 57.8 Å². The van der Waals surface area contributed by atoms with Crippen molar-refractivity contribution in [2.45, 2.75) is 171 Å². The molecule has 1 aromatic carbocycles. The molecule has 0 saturated carbocycles. The highest BCUT2D eigenvalue weighted by atomic mass is 16.6. The number of likely N-dealkylation sites (tertiary alicyclic amines) is 1. The van der Waals surface area contributed by atoms with E-state index in [1.54, 1.807) is 44.2 Å². The van der Waals surface area contributed by atoms with Crippen LogP contribution >= 0.6 is 0 Å². The first kappa shape index (κ1) is 70.9. The highest BCUT2D eigenvalue weighted by Crippen LogP contribution is 2.22. The Kier molecular flexibility index (Phi) is 30.6. The van der Waals surface area contributed by atoms with E-state index in [0.717, 1.165) is 0 Å². The molecule has 0 aromatic heterocycles. The first-order valence-electron chi connectivity index (χ1n) is 29.8. The fourth-order valence-corrected chi connectivity index (χ4v) is 10.4. The molecule has 2 saturated heterocycles. The van der Waals surface area contributed by atoms with Crippen LogP contribution in [-0.4, -0.2) is 193 Å². The zero-order valence-corrected chi connectivity index (χ0v) is 49.6. The SMILES string of the molecule is CC(C)CC(NC(=O)C(CCCN=C(N)N)NC(=O)C1CCCN1C(=O)C(N)CCCN=C(N)N)C(=O)NC(CO)C(=O)NC1CC=CCC(C(=O)OC(=O)C(N)Cc2ccccc2)NC(=O)C2CCCN2C(=O)CNCC(CCCCN)CC1=O. The number of unbranched alkanes of at least 4 members (excludes halogenated alkanes) is 1. The van der Waals surface area contributed by atoms with Crippen LogP contribution in [0.4, 0.5) is 0 Å². The molecule has 478 valence electrons. The molecule has 3 heterocycles. The lowest BCUT2D eigenvalue weighted by atomic mass is 9.92. The number of nitrogens with two attached hydrogens (primary N) is 7. The van der Waals surface area contributed by atoms with Crippen molar-refractivity contribution in [3.63, 3.8) is 0 Å². The number of nitrogens with zero attached hydrogens (tertiary/aromatic N) is 4. The molecular formula is C57H93N17O12. The maximum Gasteiger partial charge on any atom is 0.336 e. The van der Waals surface area contributed by atoms with Gasteiger partial charge in [-0.05, 0) is 120 Å². The summed E-state index contributed by atoms with van der Waals surface area (Å²) in [6, 6.07) is -2.28. The number of esters is 2. The van der Waals surface area contributed by atoms with Crippen LogP contribution in [-0.2, 0) is 59.1 Å². The van der Waals surface area contributed by atoms with Gasteiger partial charge in [-0.3, -0.25) is 48.3 Å². The van der Waals surface area contributed by atoms with Crippen molar-refractivity contribution in [3.05, 3.63) is 48.0 Å². The smallest absolute Gasteiger partial charge is 0.336 e. The third-order valence-electron chi connectivity index (χ3n) is 15.0. The normalized spacial score (nSPS) is 21.3. The molecule has 2 fully saturated rings. The molecular weight excluding hydrogens is 1110 g/mol. The Hall–Kier alpha value is -7.60. The van der Waals surface area contributed by atoms with Gasteiger partial charge in [0.1, 0.15) is 42.3 Å². The van der Waals surface area contributed by atoms with E-state index in [1.807, 2.05) is 0 Å². The number of fused-ring (bicyclic) bond motifs is 1. The minimum absolute atomic E-state index is 0.00897. The molecule has 10 atom stereocenters. The molecule has 1 aromatic rings. The van der Waals surface area contributed by atoms with E-state index in [0.29, 0.717) is 57.1 Å². The Bertz CT molecular complexity index is 2530. The van der Waals surface area contributed by atoms with Gasteiger partial charge in [0, 0.05) is 32.6 Å². The summed E-state index contributed by atoms with van der Waals surface area (Å²) in [7, 11) is 0. The van der Waals surface area contributed by atoms with Gasteiger partial charge >= 0.3 is 11.9 Å². The molecule has 0 aliphatic carbocycles. The van der Waals surface area contributed by atoms with Gasteiger partial charge in [0.25, 0.3) is 0 Å². The number of aliphatic imine (C=N–C) groups is 2. The second-order valence-electron chi connectivity index (χ2n) is 22.5. The van der Waals surface area contributed by atoms with Crippen LogP contribution in [0.5, 0.6) is 0 Å². The largest absolute Gasteiger partial charge is 0.394 e. The lowest BCUT2D eigenvalue weighted by Gasteiger charge is -2.29. The average molecular weight is 1210 g/mol. The molecule has 0 spiro atoms. The summed E-state index contributed by atoms with van der Waals surface area (Å²) >= 11 is 0. The van der Waals surface area contributed by atoms with Gasteiger partial charge in [-0.15, -0.1) is 0 Å². The number of benzene rings is 1. The fourth-order valence-electron chi connectivity index (χ4n) is 10.4. The number of amides is 7. The minimum atomic E-state index is -1.67. The van der Waals surface area contributed by atoms with Crippen LogP contribution in [0.25, 0.3) is 0 Å². The van der Waals surface area contributed by atoms with E-state index < -0.39 is 114 Å². The van der Waals surface area contributed by atoms with Gasteiger partial charge in [0.05, 0.1) is 25.2 Å². The topological polar surface area (TPSA) is 486 Å². The van der Waals surface area contributed by atoms with E-state index in [1.165, 1.54) is 22.0 Å². The summed E-state index contributed by atoms with van der Waals surface area (Å²) in [5.74, 6) is -8.25. The van der Waals surface area contributed by atoms with Crippen LogP contribution < -0.4 is 72.0 Å². The Balaban J connectivity index is 1.56. The molecule has 29 nitrogen and oxygen atoms in total. The Morgan fingerprint density at radius 1 is 0.779 bits per heavy atom. The number of aliphatic hydroxyl groups is 1. The third-order valence-corrected chi connectivity index (χ3v) is 15.0. The van der Waals surface area contributed by atoms with Gasteiger partial charge < -0.3 is 91.7 Å². The van der Waals surface area contributed by atoms with E-state index >= 15 is 0 Å². The van der Waals surface area contributed by atoms with Gasteiger partial charge in [-0.2, -0.15) is 0 Å². The summed E-state index contributed by atoms with van der Waals surface area (Å²) in [6.45, 7) is 3.89. The van der Waals surface area contributed by atoms with Crippen molar-refractivity contribution in [1.29, 1.82) is 0 Å². The number of hydrogen-bond donors (Lipinski definition) is 14. The average Bonchev–Trinajstić information content (AvgIpc) is 3.07. The number of rotatable bonds is 28. The van der Waals surface area contributed by atoms with Gasteiger partial charge in [0.15, 0.2) is 17.7 Å². The Morgan fingerprint density at radius 2 is 1.43 bits per heavy atom. The standard InChI is InChI=1S/C57H93N17O12/c1-34(2)28-42(71-48(78)40(20-11-25-67-57(63)64)69-52(82)45-22-13-27-74(45)53(83)37(59)17-10-24-66-56(61)62)49(79)72-43(33-75)50(80)68-39-18-6-7-19-41(55(85)86-54(84)38(60)29-35-14-4-3-5-15-35)70-51(81)44-21-12-26-73(44)47(77)32-65-31-36(30-46(39)76)16-8-9-23-58/h3-7,14-15,34,36-45,65,75H,8-13,16-33,58-60H2,1-2H3,(H,68,80)(H,69,82)(H,70,81)(H,71,78)(H,72,79)(H4,61,62,66)(H4,63,64,67). The molecule has 29 heteroatoms. The number of Topliss-reactive ketones (excluding diaryl/α,β-unsaturated/α-hetero) is 1. The predicted octanol–water partition coefficient (Wildman–Crippen LogP) is -3.85. The predicted molar refractivity (Wildman–Crippen MR) is 320 cm³/mol. The van der Waals surface area contributed by atoms with E-state index in [4.69, 9.17) is 44.9 Å². The van der Waals surface area contributed by atoms with Gasteiger partial charge in [0.2, 0.25) is 41.4 Å². The Morgan fingerprint density at radius 3 is 2.09 bits per heavy atom. The van der Waals surface area contributed by atoms with Crippen LogP contribution in [0, 0.1) is 11.8 Å². The Labute approximate surface area is 502 Å². The second kappa shape index (κ2) is 37.1. The first-order chi connectivity index (χ1) is 41.0. The molecule has 10 unspecified atom stereocenters. The number of hydrogen-bond acceptors (Lipinski definition) is 18. The molecule has 3 aliphatic heterocycles. The number of guanidine groups is 2. The molecule has 3 aliphatic rings. The van der Waals surface area contributed by atoms with Crippen molar-refractivity contribution in [3.8, 4) is 0 Å². The van der Waals surface area contributed by atoms with Crippen LogP contribution in [0.2, 0.25) is 0 Å². The lowest BCUT2D eigenvalue weighted by molar-refractivity contribution is -0.163. The summed E-state index contributed by atoms with van der Waals surface area (Å²) in [6.07, 6.45) is 6.75. The maximum atomic E-state index is 14.4. The lowest BCUT2D eigenvalue weighted by Crippen LogP contribution is -2.59. The summed E-state index contributed by atoms with van der Waals surface area (Å²) < 4.78 is 5.21. The van der Waals surface area contributed by atoms with Crippen LogP contribution in [0.15, 0.2) is 52.5 Å². The van der Waals surface area contributed by atoms with Crippen molar-refractivity contribution >= 4 is 71.0 Å². The van der Waals surface area contributed by atoms with Gasteiger partial charge in [-0.1, -0.05) is 62.8 Å². The monoisotopic (exact) mass is 1210 g/mol. The van der Waals surface area contributed by atoms with E-state index in [2.05, 4.69) is 41.9 Å². The minimum Gasteiger partial charge on any atom is -0.394 e. The summed E-state index contributed by atoms with van der Waals surface area (Å²) in [4.78, 5) is 150. The highest BCUT2D eigenvalue weighted by Gasteiger charge is 2.40. The molecule has 0 bridgehead atoms. The number of ether oxygens (including phenoxy) is 1. The molecule has 0 radical (unpaired) electrons. The number of carbonyl (C=O) groups is 10. The zero-order valence-electron chi connectivity index (χ0n) is 49.6. The van der Waals surface area contributed by atoms with Crippen molar-refractivity contribution in [1.82, 2.24) is 41.7 Å². The quantitative estimate of drug-likeness (QED) is 0.00954. The number of carbonyl (C=O) groups excluding carboxylic acids is 10. The summed E-state index contributed by atoms with van der Waals surface area (Å²) in [5.41, 5.74) is 40.8. The highest BCUT2D eigenvalue weighted by molar-refractivity contribution is 5.98. The van der Waals surface area contributed by atoms with Crippen molar-refractivity contribution in [2.24, 2.45) is 62.0 Å². The molecule has 86 heavy (non-hydrogen) atoms. The maximum absolute atomic E-state index is 14.4. The fraction of sp³-hybridized carbons (Fsp3) is 0.649. The number of aliphatic hydroxyl groups excluding tert-OH is 1. The number of ketones is 1. The molecule has 4 rings (SSSR count). The zero-order chi connectivity index (χ0) is 63.3. The third kappa shape index (κ3) is 24.0. The van der Waals surface area contributed by atoms with E-state index in [-0.39, 0.29) is 127 Å². The van der Waals surface area contributed by atoms with Crippen LogP contribution in [0.3, 0.4) is 0 Å². The van der Waals surface area contributed by atoms with E-state index in [9.17, 15) is 53.1 Å². The number of nitrogens with one attached hydrogen (secondary N) is 6. The molecule has 21 N–H and O–H groups in total.